The van der Waals surface area contributed by atoms with E-state index in [0.717, 1.165) is 30.9 Å². The summed E-state index contributed by atoms with van der Waals surface area (Å²) in [6.07, 6.45) is 2.66. The van der Waals surface area contributed by atoms with E-state index in [2.05, 4.69) is 31.1 Å². The highest BCUT2D eigenvalue weighted by molar-refractivity contribution is 7.15. The molecule has 0 aromatic carbocycles. The summed E-state index contributed by atoms with van der Waals surface area (Å²) in [6, 6.07) is 0.747. The number of rotatable bonds is 8. The number of hydrogen-bond donors (Lipinski definition) is 1. The highest BCUT2D eigenvalue weighted by Crippen LogP contribution is 2.31. The van der Waals surface area contributed by atoms with Crippen molar-refractivity contribution in [2.75, 3.05) is 32.2 Å². The van der Waals surface area contributed by atoms with Gasteiger partial charge in [0, 0.05) is 38.2 Å². The molecule has 1 fully saturated rings. The van der Waals surface area contributed by atoms with E-state index in [1.165, 1.54) is 23.4 Å². The number of ether oxygens (including phenoxy) is 1. The summed E-state index contributed by atoms with van der Waals surface area (Å²) >= 11 is 1.81. The first kappa shape index (κ1) is 14.8. The topological polar surface area (TPSA) is 37.4 Å². The fraction of sp³-hybridized carbons (Fsp3) is 0.786. The van der Waals surface area contributed by atoms with Gasteiger partial charge in [0.1, 0.15) is 0 Å². The van der Waals surface area contributed by atoms with Crippen molar-refractivity contribution in [1.82, 2.24) is 10.3 Å². The third-order valence-electron chi connectivity index (χ3n) is 3.35. The maximum Gasteiger partial charge on any atom is 0.185 e. The molecule has 0 unspecified atom stereocenters. The van der Waals surface area contributed by atoms with Gasteiger partial charge in [0.2, 0.25) is 0 Å². The Kier molecular flexibility index (Phi) is 5.19. The van der Waals surface area contributed by atoms with Crippen LogP contribution < -0.4 is 10.2 Å². The molecular formula is C14H25N3OS. The van der Waals surface area contributed by atoms with Crippen molar-refractivity contribution in [3.63, 3.8) is 0 Å². The van der Waals surface area contributed by atoms with Crippen molar-refractivity contribution in [3.05, 3.63) is 10.6 Å². The molecule has 0 atom stereocenters. The Balaban J connectivity index is 2.04. The zero-order chi connectivity index (χ0) is 13.8. The quantitative estimate of drug-likeness (QED) is 0.796. The maximum atomic E-state index is 5.13. The summed E-state index contributed by atoms with van der Waals surface area (Å²) in [5.74, 6) is 0.483. The molecule has 5 heteroatoms. The predicted molar refractivity (Wildman–Crippen MR) is 81.2 cm³/mol. The van der Waals surface area contributed by atoms with Crippen molar-refractivity contribution in [2.24, 2.45) is 0 Å². The van der Waals surface area contributed by atoms with Crippen molar-refractivity contribution in [3.8, 4) is 0 Å². The second-order valence-corrected chi connectivity index (χ2v) is 6.59. The first-order valence-corrected chi connectivity index (χ1v) is 7.86. The van der Waals surface area contributed by atoms with Crippen LogP contribution in [-0.4, -0.2) is 38.3 Å². The van der Waals surface area contributed by atoms with Gasteiger partial charge in [-0.3, -0.25) is 0 Å². The number of anilines is 1. The van der Waals surface area contributed by atoms with Gasteiger partial charge in [0.25, 0.3) is 0 Å². The van der Waals surface area contributed by atoms with Crippen LogP contribution in [0.25, 0.3) is 0 Å². The Hall–Kier alpha value is -0.650. The minimum atomic E-state index is 0.483. The molecule has 2 rings (SSSR count). The van der Waals surface area contributed by atoms with Crippen LogP contribution in [0.2, 0.25) is 0 Å². The summed E-state index contributed by atoms with van der Waals surface area (Å²) in [5.41, 5.74) is 1.25. The second kappa shape index (κ2) is 6.68. The number of likely N-dealkylation sites (N-methyl/N-ethyl adjacent to an activating group) is 1. The summed E-state index contributed by atoms with van der Waals surface area (Å²) in [4.78, 5) is 8.38. The van der Waals surface area contributed by atoms with Gasteiger partial charge in [-0.1, -0.05) is 13.8 Å². The maximum absolute atomic E-state index is 5.13. The molecule has 1 aromatic rings. The molecule has 0 bridgehead atoms. The molecule has 0 radical (unpaired) electrons. The van der Waals surface area contributed by atoms with Gasteiger partial charge < -0.3 is 15.0 Å². The number of nitrogens with zero attached hydrogens (tertiary/aromatic N) is 2. The average Bonchev–Trinajstić information content (AvgIpc) is 3.11. The zero-order valence-corrected chi connectivity index (χ0v) is 13.2. The largest absolute Gasteiger partial charge is 0.383 e. The Morgan fingerprint density at radius 3 is 2.79 bits per heavy atom. The SMILES string of the molecule is COCCN(C)c1nc(C(C)C)c(CNC2CC2)s1. The van der Waals surface area contributed by atoms with E-state index in [4.69, 9.17) is 9.72 Å². The zero-order valence-electron chi connectivity index (χ0n) is 12.4. The van der Waals surface area contributed by atoms with E-state index in [1.807, 2.05) is 11.3 Å². The third kappa shape index (κ3) is 4.16. The Morgan fingerprint density at radius 2 is 2.21 bits per heavy atom. The molecule has 0 amide bonds. The van der Waals surface area contributed by atoms with Gasteiger partial charge in [0.05, 0.1) is 12.3 Å². The van der Waals surface area contributed by atoms with Crippen LogP contribution in [0.3, 0.4) is 0 Å². The van der Waals surface area contributed by atoms with Gasteiger partial charge in [-0.15, -0.1) is 11.3 Å². The molecule has 0 spiro atoms. The van der Waals surface area contributed by atoms with Gasteiger partial charge in [-0.25, -0.2) is 4.98 Å². The summed E-state index contributed by atoms with van der Waals surface area (Å²) < 4.78 is 5.13. The molecular weight excluding hydrogens is 258 g/mol. The lowest BCUT2D eigenvalue weighted by molar-refractivity contribution is 0.206. The third-order valence-corrected chi connectivity index (χ3v) is 4.53. The molecule has 19 heavy (non-hydrogen) atoms. The summed E-state index contributed by atoms with van der Waals surface area (Å²) in [7, 11) is 3.82. The molecule has 1 aromatic heterocycles. The minimum Gasteiger partial charge on any atom is -0.383 e. The average molecular weight is 283 g/mol. The van der Waals surface area contributed by atoms with Crippen LogP contribution in [0, 0.1) is 0 Å². The predicted octanol–water partition coefficient (Wildman–Crippen LogP) is 2.60. The monoisotopic (exact) mass is 283 g/mol. The van der Waals surface area contributed by atoms with E-state index >= 15 is 0 Å². The minimum absolute atomic E-state index is 0.483. The normalized spacial score (nSPS) is 15.2. The van der Waals surface area contributed by atoms with E-state index in [9.17, 15) is 0 Å². The smallest absolute Gasteiger partial charge is 0.185 e. The number of nitrogens with one attached hydrogen (secondary N) is 1. The van der Waals surface area contributed by atoms with Crippen LogP contribution in [-0.2, 0) is 11.3 Å². The fourth-order valence-corrected chi connectivity index (χ4v) is 3.09. The van der Waals surface area contributed by atoms with Gasteiger partial charge in [0.15, 0.2) is 5.13 Å². The molecule has 1 N–H and O–H groups in total. The summed E-state index contributed by atoms with van der Waals surface area (Å²) in [6.45, 7) is 7.02. The van der Waals surface area contributed by atoms with Crippen LogP contribution in [0.1, 0.15) is 43.2 Å². The molecule has 1 saturated carbocycles. The molecule has 4 nitrogen and oxygen atoms in total. The highest BCUT2D eigenvalue weighted by atomic mass is 32.1. The van der Waals surface area contributed by atoms with E-state index in [-0.39, 0.29) is 0 Å². The van der Waals surface area contributed by atoms with Gasteiger partial charge in [-0.2, -0.15) is 0 Å². The number of thiazole rings is 1. The number of methoxy groups -OCH3 is 1. The second-order valence-electron chi connectivity index (χ2n) is 5.53. The lowest BCUT2D eigenvalue weighted by atomic mass is 10.1. The molecule has 1 aliphatic rings. The van der Waals surface area contributed by atoms with Crippen molar-refractivity contribution < 1.29 is 4.74 Å². The number of hydrogen-bond acceptors (Lipinski definition) is 5. The van der Waals surface area contributed by atoms with E-state index < -0.39 is 0 Å². The Morgan fingerprint density at radius 1 is 1.47 bits per heavy atom. The molecule has 108 valence electrons. The summed E-state index contributed by atoms with van der Waals surface area (Å²) in [5, 5.41) is 4.70. The van der Waals surface area contributed by atoms with Gasteiger partial charge in [-0.05, 0) is 18.8 Å². The van der Waals surface area contributed by atoms with Crippen molar-refractivity contribution in [2.45, 2.75) is 45.2 Å². The first-order valence-electron chi connectivity index (χ1n) is 7.05. The van der Waals surface area contributed by atoms with E-state index in [0.29, 0.717) is 5.92 Å². The van der Waals surface area contributed by atoms with Crippen molar-refractivity contribution >= 4 is 16.5 Å². The molecule has 0 aliphatic heterocycles. The van der Waals surface area contributed by atoms with Crippen LogP contribution in [0.15, 0.2) is 0 Å². The van der Waals surface area contributed by atoms with E-state index in [1.54, 1.807) is 7.11 Å². The molecule has 0 saturated heterocycles. The van der Waals surface area contributed by atoms with Crippen LogP contribution in [0.4, 0.5) is 5.13 Å². The molecule has 1 heterocycles. The highest BCUT2D eigenvalue weighted by Gasteiger charge is 2.22. The number of aromatic nitrogens is 1. The lowest BCUT2D eigenvalue weighted by Crippen LogP contribution is -2.21. The fourth-order valence-electron chi connectivity index (χ4n) is 1.94. The lowest BCUT2D eigenvalue weighted by Gasteiger charge is -2.14. The molecule has 1 aliphatic carbocycles. The van der Waals surface area contributed by atoms with Gasteiger partial charge >= 0.3 is 0 Å². The Labute approximate surface area is 120 Å². The van der Waals surface area contributed by atoms with Crippen molar-refractivity contribution in [1.29, 1.82) is 0 Å². The Bertz CT molecular complexity index is 401. The standard InChI is InChI=1S/C14H25N3OS/c1-10(2)13-12(9-15-11-5-6-11)19-14(16-13)17(3)7-8-18-4/h10-11,15H,5-9H2,1-4H3. The first-order chi connectivity index (χ1) is 9.11. The van der Waals surface area contributed by atoms with Crippen LogP contribution in [0.5, 0.6) is 0 Å². The van der Waals surface area contributed by atoms with Crippen LogP contribution >= 0.6 is 11.3 Å².